The number of nitrogens with zero attached hydrogens (tertiary/aromatic N) is 2. The number of hydrogen-bond donors (Lipinski definition) is 1. The molecule has 1 aromatic heterocycles. The van der Waals surface area contributed by atoms with Gasteiger partial charge in [0.25, 0.3) is 0 Å². The van der Waals surface area contributed by atoms with Crippen LogP contribution in [0.25, 0.3) is 11.3 Å². The van der Waals surface area contributed by atoms with Crippen LogP contribution < -0.4 is 5.32 Å². The zero-order valence-electron chi connectivity index (χ0n) is 10.8. The van der Waals surface area contributed by atoms with Gasteiger partial charge in [-0.3, -0.25) is 0 Å². The smallest absolute Gasteiger partial charge is 0.224 e. The van der Waals surface area contributed by atoms with Crippen molar-refractivity contribution >= 4 is 17.4 Å². The molecule has 100 valence electrons. The quantitative estimate of drug-likeness (QED) is 0.650. The average molecular weight is 278 g/mol. The fourth-order valence-electron chi connectivity index (χ4n) is 1.70. The molecule has 0 fully saturated rings. The minimum absolute atomic E-state index is 0.246. The Bertz CT molecular complexity index is 519. The van der Waals surface area contributed by atoms with Gasteiger partial charge < -0.3 is 10.1 Å². The summed E-state index contributed by atoms with van der Waals surface area (Å²) in [6, 6.07) is 11.8. The molecule has 0 aliphatic rings. The van der Waals surface area contributed by atoms with Crippen LogP contribution in [0.5, 0.6) is 0 Å². The third-order valence-electron chi connectivity index (χ3n) is 2.60. The van der Waals surface area contributed by atoms with E-state index in [0.29, 0.717) is 0 Å². The van der Waals surface area contributed by atoms with Crippen LogP contribution in [0.2, 0.25) is 5.28 Å². The molecule has 0 aliphatic heterocycles. The van der Waals surface area contributed by atoms with Crippen LogP contribution in [0.3, 0.4) is 0 Å². The summed E-state index contributed by atoms with van der Waals surface area (Å²) < 4.78 is 5.00. The highest BCUT2D eigenvalue weighted by molar-refractivity contribution is 6.28. The van der Waals surface area contributed by atoms with E-state index in [1.54, 1.807) is 7.11 Å². The molecule has 19 heavy (non-hydrogen) atoms. The zero-order valence-corrected chi connectivity index (χ0v) is 11.5. The summed E-state index contributed by atoms with van der Waals surface area (Å²) in [5, 5.41) is 3.46. The van der Waals surface area contributed by atoms with E-state index in [4.69, 9.17) is 16.3 Å². The zero-order chi connectivity index (χ0) is 13.5. The third-order valence-corrected chi connectivity index (χ3v) is 2.77. The number of ether oxygens (including phenoxy) is 1. The first-order valence-corrected chi connectivity index (χ1v) is 6.50. The van der Waals surface area contributed by atoms with Crippen LogP contribution in [-0.4, -0.2) is 30.2 Å². The SMILES string of the molecule is COCCCNc1cc(-c2ccccc2)nc(Cl)n1. The van der Waals surface area contributed by atoms with Gasteiger partial charge in [0, 0.05) is 31.9 Å². The van der Waals surface area contributed by atoms with E-state index in [-0.39, 0.29) is 5.28 Å². The van der Waals surface area contributed by atoms with E-state index in [9.17, 15) is 0 Å². The van der Waals surface area contributed by atoms with Gasteiger partial charge in [0.15, 0.2) is 0 Å². The van der Waals surface area contributed by atoms with Crippen molar-refractivity contribution in [2.75, 3.05) is 25.6 Å². The van der Waals surface area contributed by atoms with E-state index in [0.717, 1.165) is 36.6 Å². The molecule has 0 amide bonds. The summed E-state index contributed by atoms with van der Waals surface area (Å²) in [6.45, 7) is 1.51. The van der Waals surface area contributed by atoms with E-state index < -0.39 is 0 Å². The van der Waals surface area contributed by atoms with Crippen LogP contribution in [0, 0.1) is 0 Å². The molecule has 4 nitrogen and oxygen atoms in total. The maximum absolute atomic E-state index is 5.95. The molecule has 0 spiro atoms. The summed E-state index contributed by atoms with van der Waals surface area (Å²) in [5.41, 5.74) is 1.83. The lowest BCUT2D eigenvalue weighted by atomic mass is 10.1. The topological polar surface area (TPSA) is 47.0 Å². The summed E-state index contributed by atoms with van der Waals surface area (Å²) >= 11 is 5.95. The molecule has 0 radical (unpaired) electrons. The Morgan fingerprint density at radius 2 is 2.00 bits per heavy atom. The number of rotatable bonds is 6. The number of hydrogen-bond acceptors (Lipinski definition) is 4. The Morgan fingerprint density at radius 3 is 2.74 bits per heavy atom. The molecule has 0 saturated carbocycles. The molecule has 0 bridgehead atoms. The van der Waals surface area contributed by atoms with Gasteiger partial charge in [-0.25, -0.2) is 9.97 Å². The monoisotopic (exact) mass is 277 g/mol. The van der Waals surface area contributed by atoms with Gasteiger partial charge in [0.05, 0.1) is 5.69 Å². The maximum Gasteiger partial charge on any atom is 0.224 e. The minimum Gasteiger partial charge on any atom is -0.385 e. The van der Waals surface area contributed by atoms with Gasteiger partial charge in [-0.05, 0) is 18.0 Å². The first-order chi connectivity index (χ1) is 9.29. The summed E-state index contributed by atoms with van der Waals surface area (Å²) in [7, 11) is 1.69. The molecule has 1 N–H and O–H groups in total. The molecule has 1 aromatic carbocycles. The number of anilines is 1. The lowest BCUT2D eigenvalue weighted by molar-refractivity contribution is 0.198. The predicted octanol–water partition coefficient (Wildman–Crippen LogP) is 3.25. The Hall–Kier alpha value is -1.65. The second-order valence-electron chi connectivity index (χ2n) is 4.05. The lowest BCUT2D eigenvalue weighted by Gasteiger charge is -2.07. The number of nitrogens with one attached hydrogen (secondary N) is 1. The highest BCUT2D eigenvalue weighted by Crippen LogP contribution is 2.21. The van der Waals surface area contributed by atoms with E-state index >= 15 is 0 Å². The van der Waals surface area contributed by atoms with Gasteiger partial charge >= 0.3 is 0 Å². The van der Waals surface area contributed by atoms with Gasteiger partial charge in [0.1, 0.15) is 5.82 Å². The first kappa shape index (κ1) is 13.8. The van der Waals surface area contributed by atoms with Crippen LogP contribution >= 0.6 is 11.6 Å². The fourth-order valence-corrected chi connectivity index (χ4v) is 1.88. The Labute approximate surface area is 117 Å². The number of aromatic nitrogens is 2. The van der Waals surface area contributed by atoms with E-state index in [1.807, 2.05) is 36.4 Å². The molecule has 2 rings (SSSR count). The lowest BCUT2D eigenvalue weighted by Crippen LogP contribution is -2.06. The summed E-state index contributed by atoms with van der Waals surface area (Å²) in [5.74, 6) is 0.731. The normalized spacial score (nSPS) is 10.4. The number of halogens is 1. The van der Waals surface area contributed by atoms with Crippen molar-refractivity contribution in [2.45, 2.75) is 6.42 Å². The van der Waals surface area contributed by atoms with Crippen molar-refractivity contribution in [1.82, 2.24) is 9.97 Å². The molecule has 1 heterocycles. The van der Waals surface area contributed by atoms with Gasteiger partial charge in [-0.2, -0.15) is 0 Å². The molecule has 2 aromatic rings. The van der Waals surface area contributed by atoms with Gasteiger partial charge in [0.2, 0.25) is 5.28 Å². The highest BCUT2D eigenvalue weighted by Gasteiger charge is 2.04. The van der Waals surface area contributed by atoms with Crippen LogP contribution in [0.4, 0.5) is 5.82 Å². The summed E-state index contributed by atoms with van der Waals surface area (Å²) in [4.78, 5) is 8.40. The van der Waals surface area contributed by atoms with Crippen molar-refractivity contribution in [3.63, 3.8) is 0 Å². The molecular formula is C14H16ClN3O. The standard InChI is InChI=1S/C14H16ClN3O/c1-19-9-5-8-16-13-10-12(17-14(15)18-13)11-6-3-2-4-7-11/h2-4,6-7,10H,5,8-9H2,1H3,(H,16,17,18). The molecular weight excluding hydrogens is 262 g/mol. The van der Waals surface area contributed by atoms with Gasteiger partial charge in [-0.15, -0.1) is 0 Å². The van der Waals surface area contributed by atoms with Crippen molar-refractivity contribution in [2.24, 2.45) is 0 Å². The number of benzene rings is 1. The van der Waals surface area contributed by atoms with Gasteiger partial charge in [-0.1, -0.05) is 30.3 Å². The third kappa shape index (κ3) is 4.19. The van der Waals surface area contributed by atoms with Crippen LogP contribution in [0.15, 0.2) is 36.4 Å². The summed E-state index contributed by atoms with van der Waals surface area (Å²) in [6.07, 6.45) is 0.915. The van der Waals surface area contributed by atoms with E-state index in [2.05, 4.69) is 15.3 Å². The first-order valence-electron chi connectivity index (χ1n) is 6.12. The molecule has 0 saturated heterocycles. The number of methoxy groups -OCH3 is 1. The maximum atomic E-state index is 5.95. The largest absolute Gasteiger partial charge is 0.385 e. The van der Waals surface area contributed by atoms with E-state index in [1.165, 1.54) is 0 Å². The second-order valence-corrected chi connectivity index (χ2v) is 4.38. The minimum atomic E-state index is 0.246. The van der Waals surface area contributed by atoms with Crippen molar-refractivity contribution in [1.29, 1.82) is 0 Å². The van der Waals surface area contributed by atoms with Crippen molar-refractivity contribution < 1.29 is 4.74 Å². The Kier molecular flexibility index (Phi) is 5.12. The van der Waals surface area contributed by atoms with Crippen LogP contribution in [-0.2, 0) is 4.74 Å². The molecule has 0 atom stereocenters. The van der Waals surface area contributed by atoms with Crippen LogP contribution in [0.1, 0.15) is 6.42 Å². The molecule has 0 aliphatic carbocycles. The molecule has 0 unspecified atom stereocenters. The predicted molar refractivity (Wildman–Crippen MR) is 77.5 cm³/mol. The second kappa shape index (κ2) is 7.07. The average Bonchev–Trinajstić information content (AvgIpc) is 2.44. The van der Waals surface area contributed by atoms with Crippen molar-refractivity contribution in [3.8, 4) is 11.3 Å². The molecule has 5 heteroatoms. The highest BCUT2D eigenvalue weighted by atomic mass is 35.5. The Morgan fingerprint density at radius 1 is 1.21 bits per heavy atom. The van der Waals surface area contributed by atoms with Crippen molar-refractivity contribution in [3.05, 3.63) is 41.7 Å². The Balaban J connectivity index is 2.11. The fraction of sp³-hybridized carbons (Fsp3) is 0.286.